The zero-order valence-electron chi connectivity index (χ0n) is 16.3. The second-order valence-electron chi connectivity index (χ2n) is 6.48. The highest BCUT2D eigenvalue weighted by molar-refractivity contribution is 8.13. The Labute approximate surface area is 165 Å². The van der Waals surface area contributed by atoms with Crippen molar-refractivity contribution >= 4 is 22.6 Å². The summed E-state index contributed by atoms with van der Waals surface area (Å²) in [5, 5.41) is 1.01. The topological polar surface area (TPSA) is 59.8 Å². The number of pyridine rings is 2. The van der Waals surface area contributed by atoms with Crippen LogP contribution in [0.25, 0.3) is 0 Å². The van der Waals surface area contributed by atoms with Crippen molar-refractivity contribution in [3.8, 4) is 11.6 Å². The van der Waals surface area contributed by atoms with Crippen molar-refractivity contribution in [3.05, 3.63) is 41.9 Å². The molecule has 27 heavy (non-hydrogen) atoms. The first-order chi connectivity index (χ1) is 13.1. The lowest BCUT2D eigenvalue weighted by Crippen LogP contribution is -2.40. The monoisotopic (exact) mass is 386 g/mol. The molecule has 0 spiro atoms. The summed E-state index contributed by atoms with van der Waals surface area (Å²) in [7, 11) is 1.61. The van der Waals surface area contributed by atoms with Crippen LogP contribution in [-0.4, -0.2) is 52.6 Å². The van der Waals surface area contributed by atoms with E-state index in [1.54, 1.807) is 25.1 Å². The number of nitrogens with zero attached hydrogens (tertiary/aromatic N) is 4. The van der Waals surface area contributed by atoms with Gasteiger partial charge in [-0.3, -0.25) is 4.98 Å². The minimum absolute atomic E-state index is 0.229. The molecule has 7 heteroatoms. The van der Waals surface area contributed by atoms with Crippen LogP contribution < -0.4 is 9.47 Å². The van der Waals surface area contributed by atoms with Crippen molar-refractivity contribution < 1.29 is 9.47 Å². The normalized spacial score (nSPS) is 15.7. The molecule has 1 aliphatic heterocycles. The smallest absolute Gasteiger partial charge is 0.213 e. The SMILES string of the molecule is COc1ccc(/N=C(\SC)N2CCC(Oc3ccnc(C)c3C)CC2)cn1. The Bertz CT molecular complexity index is 787. The molecule has 2 aromatic heterocycles. The summed E-state index contributed by atoms with van der Waals surface area (Å²) in [6, 6.07) is 5.71. The van der Waals surface area contributed by atoms with E-state index in [0.717, 1.165) is 53.8 Å². The zero-order valence-corrected chi connectivity index (χ0v) is 17.1. The van der Waals surface area contributed by atoms with E-state index in [-0.39, 0.29) is 6.10 Å². The van der Waals surface area contributed by atoms with Crippen LogP contribution in [0.4, 0.5) is 5.69 Å². The van der Waals surface area contributed by atoms with E-state index in [1.807, 2.05) is 31.3 Å². The van der Waals surface area contributed by atoms with Crippen molar-refractivity contribution in [2.75, 3.05) is 26.5 Å². The van der Waals surface area contributed by atoms with Crippen LogP contribution in [0.5, 0.6) is 11.6 Å². The van der Waals surface area contributed by atoms with Crippen LogP contribution in [-0.2, 0) is 0 Å². The number of piperidine rings is 1. The summed E-state index contributed by atoms with van der Waals surface area (Å²) in [4.78, 5) is 15.6. The predicted octanol–water partition coefficient (Wildman–Crippen LogP) is 4.00. The Hall–Kier alpha value is -2.28. The summed E-state index contributed by atoms with van der Waals surface area (Å²) in [5.41, 5.74) is 2.98. The number of methoxy groups -OCH3 is 1. The maximum atomic E-state index is 6.24. The second-order valence-corrected chi connectivity index (χ2v) is 7.25. The van der Waals surface area contributed by atoms with Gasteiger partial charge in [-0.2, -0.15) is 0 Å². The van der Waals surface area contributed by atoms with Gasteiger partial charge in [-0.05, 0) is 32.2 Å². The maximum absolute atomic E-state index is 6.24. The lowest BCUT2D eigenvalue weighted by molar-refractivity contribution is 0.131. The zero-order chi connectivity index (χ0) is 19.2. The van der Waals surface area contributed by atoms with Gasteiger partial charge in [-0.1, -0.05) is 11.8 Å². The third-order valence-electron chi connectivity index (χ3n) is 4.75. The molecule has 1 aliphatic rings. The Morgan fingerprint density at radius 3 is 2.59 bits per heavy atom. The van der Waals surface area contributed by atoms with E-state index in [1.165, 1.54) is 0 Å². The average molecular weight is 387 g/mol. The van der Waals surface area contributed by atoms with Gasteiger partial charge in [0.05, 0.1) is 19.0 Å². The highest BCUT2D eigenvalue weighted by Gasteiger charge is 2.23. The predicted molar refractivity (Wildman–Crippen MR) is 110 cm³/mol. The van der Waals surface area contributed by atoms with Crippen LogP contribution in [0.2, 0.25) is 0 Å². The number of aryl methyl sites for hydroxylation is 1. The fraction of sp³-hybridized carbons (Fsp3) is 0.450. The Balaban J connectivity index is 1.61. The van der Waals surface area contributed by atoms with Crippen molar-refractivity contribution in [2.45, 2.75) is 32.8 Å². The molecular weight excluding hydrogens is 360 g/mol. The first kappa shape index (κ1) is 19.5. The van der Waals surface area contributed by atoms with Gasteiger partial charge in [0, 0.05) is 49.5 Å². The lowest BCUT2D eigenvalue weighted by atomic mass is 10.1. The largest absolute Gasteiger partial charge is 0.490 e. The first-order valence-electron chi connectivity index (χ1n) is 9.07. The molecule has 144 valence electrons. The van der Waals surface area contributed by atoms with E-state index < -0.39 is 0 Å². The maximum Gasteiger partial charge on any atom is 0.213 e. The fourth-order valence-electron chi connectivity index (χ4n) is 3.00. The van der Waals surface area contributed by atoms with E-state index >= 15 is 0 Å². The van der Waals surface area contributed by atoms with Crippen molar-refractivity contribution in [3.63, 3.8) is 0 Å². The van der Waals surface area contributed by atoms with Gasteiger partial charge in [0.1, 0.15) is 11.9 Å². The first-order valence-corrected chi connectivity index (χ1v) is 10.3. The second kappa shape index (κ2) is 9.08. The standard InChI is InChI=1S/C20H26N4O2S/c1-14-15(2)21-10-7-18(14)26-17-8-11-24(12-9-17)20(27-4)23-16-5-6-19(25-3)22-13-16/h5-7,10,13,17H,8-9,11-12H2,1-4H3/b23-20-. The molecule has 2 aromatic rings. The molecule has 0 radical (unpaired) electrons. The number of hydrogen-bond acceptors (Lipinski definition) is 6. The number of ether oxygens (including phenoxy) is 2. The van der Waals surface area contributed by atoms with Crippen molar-refractivity contribution in [1.29, 1.82) is 0 Å². The highest BCUT2D eigenvalue weighted by Crippen LogP contribution is 2.25. The molecule has 0 atom stereocenters. The Kier molecular flexibility index (Phi) is 6.55. The molecule has 0 amide bonds. The quantitative estimate of drug-likeness (QED) is 0.585. The summed E-state index contributed by atoms with van der Waals surface area (Å²) in [5.74, 6) is 1.54. The molecule has 0 unspecified atom stereocenters. The molecular formula is C20H26N4O2S. The number of aromatic nitrogens is 2. The van der Waals surface area contributed by atoms with Crippen LogP contribution >= 0.6 is 11.8 Å². The van der Waals surface area contributed by atoms with Gasteiger partial charge in [0.25, 0.3) is 0 Å². The molecule has 1 fully saturated rings. The molecule has 0 N–H and O–H groups in total. The van der Waals surface area contributed by atoms with Crippen LogP contribution in [0.3, 0.4) is 0 Å². The molecule has 0 aromatic carbocycles. The van der Waals surface area contributed by atoms with Gasteiger partial charge < -0.3 is 14.4 Å². The number of likely N-dealkylation sites (tertiary alicyclic amines) is 1. The lowest BCUT2D eigenvalue weighted by Gasteiger charge is -2.33. The number of rotatable bonds is 4. The van der Waals surface area contributed by atoms with Crippen LogP contribution in [0.15, 0.2) is 35.6 Å². The number of amidine groups is 1. The van der Waals surface area contributed by atoms with Gasteiger partial charge >= 0.3 is 0 Å². The van der Waals surface area contributed by atoms with E-state index in [4.69, 9.17) is 14.5 Å². The minimum atomic E-state index is 0.229. The van der Waals surface area contributed by atoms with Gasteiger partial charge in [-0.25, -0.2) is 9.98 Å². The average Bonchev–Trinajstić information content (AvgIpc) is 2.71. The molecule has 3 heterocycles. The number of aliphatic imine (C=N–C) groups is 1. The van der Waals surface area contributed by atoms with Gasteiger partial charge in [0.2, 0.25) is 5.88 Å². The number of thioether (sulfide) groups is 1. The van der Waals surface area contributed by atoms with Crippen molar-refractivity contribution in [2.24, 2.45) is 4.99 Å². The molecule has 1 saturated heterocycles. The van der Waals surface area contributed by atoms with E-state index in [0.29, 0.717) is 5.88 Å². The van der Waals surface area contributed by atoms with E-state index in [9.17, 15) is 0 Å². The summed E-state index contributed by atoms with van der Waals surface area (Å²) in [6.07, 6.45) is 7.78. The fourth-order valence-corrected chi connectivity index (χ4v) is 3.64. The Morgan fingerprint density at radius 2 is 1.96 bits per heavy atom. The molecule has 6 nitrogen and oxygen atoms in total. The van der Waals surface area contributed by atoms with E-state index in [2.05, 4.69) is 28.0 Å². The molecule has 0 saturated carbocycles. The van der Waals surface area contributed by atoms with Crippen LogP contribution in [0, 0.1) is 13.8 Å². The van der Waals surface area contributed by atoms with Gasteiger partial charge in [0.15, 0.2) is 5.17 Å². The molecule has 0 aliphatic carbocycles. The highest BCUT2D eigenvalue weighted by atomic mass is 32.2. The summed E-state index contributed by atoms with van der Waals surface area (Å²) >= 11 is 1.66. The number of hydrogen-bond donors (Lipinski definition) is 0. The van der Waals surface area contributed by atoms with Crippen LogP contribution in [0.1, 0.15) is 24.1 Å². The third-order valence-corrected chi connectivity index (χ3v) is 5.46. The molecule has 0 bridgehead atoms. The summed E-state index contributed by atoms with van der Waals surface area (Å²) in [6.45, 7) is 5.93. The summed E-state index contributed by atoms with van der Waals surface area (Å²) < 4.78 is 11.3. The van der Waals surface area contributed by atoms with Gasteiger partial charge in [-0.15, -0.1) is 0 Å². The minimum Gasteiger partial charge on any atom is -0.490 e. The Morgan fingerprint density at radius 1 is 1.19 bits per heavy atom. The molecule has 3 rings (SSSR count). The van der Waals surface area contributed by atoms with Crippen molar-refractivity contribution in [1.82, 2.24) is 14.9 Å². The third kappa shape index (κ3) is 4.91.